The third-order valence-electron chi connectivity index (χ3n) is 2.14. The van der Waals surface area contributed by atoms with Crippen molar-refractivity contribution >= 4 is 16.0 Å². The highest BCUT2D eigenvalue weighted by molar-refractivity contribution is 7.90. The zero-order chi connectivity index (χ0) is 13.3. The molecule has 1 rings (SSSR count). The summed E-state index contributed by atoms with van der Waals surface area (Å²) in [5.41, 5.74) is -5.38. The van der Waals surface area contributed by atoms with E-state index in [0.717, 1.165) is 0 Å². The summed E-state index contributed by atoms with van der Waals surface area (Å²) < 4.78 is 63.8. The Morgan fingerprint density at radius 2 is 2.06 bits per heavy atom. The van der Waals surface area contributed by atoms with Crippen LogP contribution in [0.2, 0.25) is 0 Å². The quantitative estimate of drug-likeness (QED) is 0.785. The molecule has 0 radical (unpaired) electrons. The number of carboxylic acid groups (broad SMARTS) is 1. The molecule has 0 amide bonds. The van der Waals surface area contributed by atoms with Crippen LogP contribution in [0.3, 0.4) is 0 Å². The van der Waals surface area contributed by atoms with E-state index in [1.54, 1.807) is 0 Å². The lowest BCUT2D eigenvalue weighted by molar-refractivity contribution is -0.141. The second-order valence-electron chi connectivity index (χ2n) is 3.40. The Kier molecular flexibility index (Phi) is 3.99. The molecule has 1 unspecified atom stereocenters. The first-order valence-electron chi connectivity index (χ1n) is 4.54. The maximum atomic E-state index is 12.2. The summed E-state index contributed by atoms with van der Waals surface area (Å²) in [7, 11) is -5.41. The first-order chi connectivity index (χ1) is 7.64. The lowest BCUT2D eigenvalue weighted by Crippen LogP contribution is -2.50. The predicted octanol–water partition coefficient (Wildman–Crippen LogP) is 0.0115. The van der Waals surface area contributed by atoms with Crippen molar-refractivity contribution in [2.24, 2.45) is 0 Å². The Hall–Kier alpha value is -0.870. The minimum absolute atomic E-state index is 0.199. The average molecular weight is 277 g/mol. The molecule has 17 heavy (non-hydrogen) atoms. The SMILES string of the molecule is O=C(O)CC1CN(S(=O)(=O)C(F)(F)F)CCO1. The number of halogens is 3. The van der Waals surface area contributed by atoms with Gasteiger partial charge in [0.05, 0.1) is 19.1 Å². The first-order valence-corrected chi connectivity index (χ1v) is 5.98. The molecular weight excluding hydrogens is 267 g/mol. The van der Waals surface area contributed by atoms with Crippen molar-refractivity contribution in [2.45, 2.75) is 18.0 Å². The number of hydrogen-bond acceptors (Lipinski definition) is 4. The monoisotopic (exact) mass is 277 g/mol. The number of carboxylic acids is 1. The summed E-state index contributed by atoms with van der Waals surface area (Å²) in [6, 6.07) is 0. The molecule has 10 heteroatoms. The zero-order valence-electron chi connectivity index (χ0n) is 8.48. The van der Waals surface area contributed by atoms with E-state index in [1.165, 1.54) is 0 Å². The van der Waals surface area contributed by atoms with Crippen LogP contribution in [0.25, 0.3) is 0 Å². The van der Waals surface area contributed by atoms with Gasteiger partial charge in [0.2, 0.25) is 0 Å². The summed E-state index contributed by atoms with van der Waals surface area (Å²) in [6.07, 6.45) is -1.59. The van der Waals surface area contributed by atoms with Crippen LogP contribution in [-0.4, -0.2) is 55.1 Å². The second-order valence-corrected chi connectivity index (χ2v) is 5.33. The standard InChI is InChI=1S/C7H10F3NO5S/c8-7(9,10)17(14,15)11-1-2-16-5(4-11)3-6(12)13/h5H,1-4H2,(H,12,13). The van der Waals surface area contributed by atoms with Crippen molar-refractivity contribution in [1.29, 1.82) is 0 Å². The Morgan fingerprint density at radius 1 is 1.47 bits per heavy atom. The molecule has 1 aliphatic rings. The number of alkyl halides is 3. The van der Waals surface area contributed by atoms with Crippen molar-refractivity contribution in [1.82, 2.24) is 4.31 Å². The molecule has 0 aliphatic carbocycles. The molecule has 1 heterocycles. The minimum Gasteiger partial charge on any atom is -0.481 e. The Bertz CT molecular complexity index is 393. The highest BCUT2D eigenvalue weighted by Gasteiger charge is 2.51. The van der Waals surface area contributed by atoms with Gasteiger partial charge in [0, 0.05) is 13.1 Å². The maximum absolute atomic E-state index is 12.2. The van der Waals surface area contributed by atoms with Gasteiger partial charge in [-0.1, -0.05) is 0 Å². The van der Waals surface area contributed by atoms with Crippen molar-refractivity contribution < 1.29 is 36.2 Å². The molecule has 0 aromatic heterocycles. The van der Waals surface area contributed by atoms with Gasteiger partial charge in [-0.3, -0.25) is 4.79 Å². The molecule has 1 saturated heterocycles. The van der Waals surface area contributed by atoms with E-state index < -0.39 is 47.1 Å². The van der Waals surface area contributed by atoms with Crippen LogP contribution in [0.1, 0.15) is 6.42 Å². The minimum atomic E-state index is -5.41. The van der Waals surface area contributed by atoms with Gasteiger partial charge in [-0.2, -0.15) is 17.5 Å². The molecule has 0 aromatic rings. The molecule has 1 fully saturated rings. The number of morpholine rings is 1. The first kappa shape index (κ1) is 14.2. The topological polar surface area (TPSA) is 83.9 Å². The summed E-state index contributed by atoms with van der Waals surface area (Å²) >= 11 is 0. The van der Waals surface area contributed by atoms with E-state index in [2.05, 4.69) is 0 Å². The number of sulfonamides is 1. The molecule has 6 nitrogen and oxygen atoms in total. The molecule has 1 atom stereocenters. The molecule has 0 saturated carbocycles. The third kappa shape index (κ3) is 3.30. The second kappa shape index (κ2) is 4.78. The fourth-order valence-corrected chi connectivity index (χ4v) is 2.35. The summed E-state index contributed by atoms with van der Waals surface area (Å²) in [4.78, 5) is 10.4. The lowest BCUT2D eigenvalue weighted by Gasteiger charge is -2.31. The van der Waals surface area contributed by atoms with Crippen LogP contribution in [0, 0.1) is 0 Å². The smallest absolute Gasteiger partial charge is 0.481 e. The van der Waals surface area contributed by atoms with E-state index in [9.17, 15) is 26.4 Å². The van der Waals surface area contributed by atoms with Crippen LogP contribution < -0.4 is 0 Å². The van der Waals surface area contributed by atoms with E-state index in [1.807, 2.05) is 0 Å². The van der Waals surface area contributed by atoms with Gasteiger partial charge < -0.3 is 9.84 Å². The van der Waals surface area contributed by atoms with Gasteiger partial charge in [0.1, 0.15) is 0 Å². The lowest BCUT2D eigenvalue weighted by atomic mass is 10.2. The predicted molar refractivity (Wildman–Crippen MR) is 48.5 cm³/mol. The van der Waals surface area contributed by atoms with Crippen LogP contribution in [0.15, 0.2) is 0 Å². The van der Waals surface area contributed by atoms with E-state index in [-0.39, 0.29) is 10.9 Å². The summed E-state index contributed by atoms with van der Waals surface area (Å²) in [6.45, 7) is -1.29. The van der Waals surface area contributed by atoms with Crippen LogP contribution >= 0.6 is 0 Å². The fraction of sp³-hybridized carbons (Fsp3) is 0.857. The number of aliphatic carboxylic acids is 1. The van der Waals surface area contributed by atoms with Crippen molar-refractivity contribution in [3.05, 3.63) is 0 Å². The number of ether oxygens (including phenoxy) is 1. The highest BCUT2D eigenvalue weighted by Crippen LogP contribution is 2.28. The van der Waals surface area contributed by atoms with Gasteiger partial charge in [0.15, 0.2) is 0 Å². The fourth-order valence-electron chi connectivity index (χ4n) is 1.38. The average Bonchev–Trinajstić information content (AvgIpc) is 2.15. The Morgan fingerprint density at radius 3 is 2.53 bits per heavy atom. The van der Waals surface area contributed by atoms with Crippen LogP contribution in [0.4, 0.5) is 13.2 Å². The number of carbonyl (C=O) groups is 1. The summed E-state index contributed by atoms with van der Waals surface area (Å²) in [5, 5.41) is 8.44. The number of hydrogen-bond donors (Lipinski definition) is 1. The van der Waals surface area contributed by atoms with Gasteiger partial charge in [-0.05, 0) is 0 Å². The Labute approximate surface area is 95.0 Å². The molecular formula is C7H10F3NO5S. The normalized spacial score (nSPS) is 23.6. The Balaban J connectivity index is 2.77. The zero-order valence-corrected chi connectivity index (χ0v) is 9.29. The largest absolute Gasteiger partial charge is 0.511 e. The van der Waals surface area contributed by atoms with Gasteiger partial charge in [-0.25, -0.2) is 8.42 Å². The van der Waals surface area contributed by atoms with Crippen molar-refractivity contribution in [3.8, 4) is 0 Å². The molecule has 0 aromatic carbocycles. The maximum Gasteiger partial charge on any atom is 0.511 e. The van der Waals surface area contributed by atoms with Crippen molar-refractivity contribution in [3.63, 3.8) is 0 Å². The molecule has 0 bridgehead atoms. The molecule has 1 N–H and O–H groups in total. The molecule has 0 spiro atoms. The van der Waals surface area contributed by atoms with Crippen LogP contribution in [-0.2, 0) is 19.6 Å². The third-order valence-corrected chi connectivity index (χ3v) is 3.73. The van der Waals surface area contributed by atoms with Gasteiger partial charge in [-0.15, -0.1) is 0 Å². The molecule has 1 aliphatic heterocycles. The van der Waals surface area contributed by atoms with Crippen LogP contribution in [0.5, 0.6) is 0 Å². The highest BCUT2D eigenvalue weighted by atomic mass is 32.2. The number of nitrogens with zero attached hydrogens (tertiary/aromatic N) is 1. The van der Waals surface area contributed by atoms with E-state index in [0.29, 0.717) is 0 Å². The molecule has 100 valence electrons. The van der Waals surface area contributed by atoms with Gasteiger partial charge >= 0.3 is 21.5 Å². The summed E-state index contributed by atoms with van der Waals surface area (Å²) in [5.74, 6) is -1.26. The van der Waals surface area contributed by atoms with E-state index >= 15 is 0 Å². The van der Waals surface area contributed by atoms with Crippen molar-refractivity contribution in [2.75, 3.05) is 19.7 Å². The van der Waals surface area contributed by atoms with Gasteiger partial charge in [0.25, 0.3) is 0 Å². The van der Waals surface area contributed by atoms with E-state index in [4.69, 9.17) is 9.84 Å². The number of rotatable bonds is 3.